The van der Waals surface area contributed by atoms with Crippen molar-refractivity contribution in [1.29, 1.82) is 5.26 Å². The van der Waals surface area contributed by atoms with E-state index in [0.29, 0.717) is 18.5 Å². The van der Waals surface area contributed by atoms with E-state index in [-0.39, 0.29) is 11.1 Å². The van der Waals surface area contributed by atoms with Gasteiger partial charge in [0, 0.05) is 18.4 Å². The van der Waals surface area contributed by atoms with Crippen molar-refractivity contribution in [2.24, 2.45) is 5.41 Å². The Morgan fingerprint density at radius 3 is 2.71 bits per heavy atom. The Balaban J connectivity index is 2.10. The molecule has 0 unspecified atom stereocenters. The van der Waals surface area contributed by atoms with E-state index in [1.54, 1.807) is 6.92 Å². The molecule has 90 valence electrons. The van der Waals surface area contributed by atoms with Crippen molar-refractivity contribution in [1.82, 2.24) is 0 Å². The van der Waals surface area contributed by atoms with Crippen molar-refractivity contribution in [3.05, 3.63) is 29.3 Å². The van der Waals surface area contributed by atoms with Crippen LogP contribution in [0.2, 0.25) is 0 Å². The van der Waals surface area contributed by atoms with Crippen LogP contribution in [0.4, 0.5) is 14.5 Å². The van der Waals surface area contributed by atoms with Crippen LogP contribution in [0.1, 0.15) is 24.8 Å². The Morgan fingerprint density at radius 1 is 1.41 bits per heavy atom. The SMILES string of the molecule is Cc1ccc(F)c(NCC2(CC#N)CC2)c1F. The van der Waals surface area contributed by atoms with Gasteiger partial charge < -0.3 is 5.32 Å². The van der Waals surface area contributed by atoms with Gasteiger partial charge >= 0.3 is 0 Å². The summed E-state index contributed by atoms with van der Waals surface area (Å²) in [5, 5.41) is 11.5. The molecule has 1 saturated carbocycles. The Labute approximate surface area is 99.3 Å². The molecule has 1 aliphatic carbocycles. The molecule has 17 heavy (non-hydrogen) atoms. The number of anilines is 1. The fourth-order valence-corrected chi connectivity index (χ4v) is 1.86. The van der Waals surface area contributed by atoms with Gasteiger partial charge in [-0.2, -0.15) is 5.26 Å². The summed E-state index contributed by atoms with van der Waals surface area (Å²) in [6.07, 6.45) is 2.33. The highest BCUT2D eigenvalue weighted by molar-refractivity contribution is 5.49. The lowest BCUT2D eigenvalue weighted by Crippen LogP contribution is -2.16. The minimum Gasteiger partial charge on any atom is -0.380 e. The van der Waals surface area contributed by atoms with E-state index in [9.17, 15) is 8.78 Å². The van der Waals surface area contributed by atoms with E-state index < -0.39 is 11.6 Å². The van der Waals surface area contributed by atoms with Crippen LogP contribution in [-0.2, 0) is 0 Å². The van der Waals surface area contributed by atoms with E-state index in [4.69, 9.17) is 5.26 Å². The van der Waals surface area contributed by atoms with Crippen LogP contribution in [0.5, 0.6) is 0 Å². The van der Waals surface area contributed by atoms with Gasteiger partial charge in [-0.15, -0.1) is 0 Å². The van der Waals surface area contributed by atoms with Gasteiger partial charge in [0.25, 0.3) is 0 Å². The average Bonchev–Trinajstić information content (AvgIpc) is 3.05. The lowest BCUT2D eigenvalue weighted by Gasteiger charge is -2.15. The van der Waals surface area contributed by atoms with Crippen LogP contribution < -0.4 is 5.32 Å². The molecule has 0 amide bonds. The predicted molar refractivity (Wildman–Crippen MR) is 61.5 cm³/mol. The predicted octanol–water partition coefficient (Wildman–Crippen LogP) is 3.38. The number of nitriles is 1. The first-order valence-electron chi connectivity index (χ1n) is 5.63. The maximum absolute atomic E-state index is 13.7. The summed E-state index contributed by atoms with van der Waals surface area (Å²) < 4.78 is 27.1. The molecular formula is C13H14F2N2. The third-order valence-corrected chi connectivity index (χ3v) is 3.34. The molecule has 1 fully saturated rings. The number of rotatable bonds is 4. The molecule has 0 bridgehead atoms. The van der Waals surface area contributed by atoms with Gasteiger partial charge in [0.05, 0.1) is 6.07 Å². The number of aryl methyl sites for hydroxylation is 1. The zero-order valence-electron chi connectivity index (χ0n) is 9.69. The van der Waals surface area contributed by atoms with Crippen LogP contribution in [0.3, 0.4) is 0 Å². The largest absolute Gasteiger partial charge is 0.380 e. The third kappa shape index (κ3) is 2.38. The van der Waals surface area contributed by atoms with Crippen LogP contribution >= 0.6 is 0 Å². The van der Waals surface area contributed by atoms with Crippen molar-refractivity contribution in [3.8, 4) is 6.07 Å². The molecule has 1 N–H and O–H groups in total. The molecule has 2 nitrogen and oxygen atoms in total. The molecule has 0 heterocycles. The summed E-state index contributed by atoms with van der Waals surface area (Å²) in [4.78, 5) is 0. The van der Waals surface area contributed by atoms with E-state index in [0.717, 1.165) is 12.8 Å². The summed E-state index contributed by atoms with van der Waals surface area (Å²) in [5.74, 6) is -1.13. The molecule has 1 aromatic carbocycles. The second-order valence-electron chi connectivity index (χ2n) is 4.74. The summed E-state index contributed by atoms with van der Waals surface area (Å²) in [7, 11) is 0. The van der Waals surface area contributed by atoms with Crippen molar-refractivity contribution < 1.29 is 8.78 Å². The fraction of sp³-hybridized carbons (Fsp3) is 0.462. The third-order valence-electron chi connectivity index (χ3n) is 3.34. The molecular weight excluding hydrogens is 222 g/mol. The Morgan fingerprint density at radius 2 is 2.12 bits per heavy atom. The van der Waals surface area contributed by atoms with Gasteiger partial charge in [0.1, 0.15) is 11.5 Å². The summed E-state index contributed by atoms with van der Waals surface area (Å²) in [5.41, 5.74) is 0.269. The smallest absolute Gasteiger partial charge is 0.152 e. The minimum absolute atomic E-state index is 0.0720. The Bertz CT molecular complexity index is 473. The van der Waals surface area contributed by atoms with Crippen LogP contribution in [0, 0.1) is 35.3 Å². The van der Waals surface area contributed by atoms with Crippen molar-refractivity contribution in [2.45, 2.75) is 26.2 Å². The first-order chi connectivity index (χ1) is 8.08. The Kier molecular flexibility index (Phi) is 3.01. The highest BCUT2D eigenvalue weighted by Crippen LogP contribution is 2.48. The molecule has 0 aliphatic heterocycles. The van der Waals surface area contributed by atoms with E-state index in [2.05, 4.69) is 11.4 Å². The highest BCUT2D eigenvalue weighted by Gasteiger charge is 2.42. The number of hydrogen-bond acceptors (Lipinski definition) is 2. The molecule has 0 aromatic heterocycles. The van der Waals surface area contributed by atoms with E-state index in [1.165, 1.54) is 12.1 Å². The van der Waals surface area contributed by atoms with Crippen LogP contribution in [0.25, 0.3) is 0 Å². The zero-order chi connectivity index (χ0) is 12.5. The van der Waals surface area contributed by atoms with Gasteiger partial charge in [-0.3, -0.25) is 0 Å². The number of halogens is 2. The average molecular weight is 236 g/mol. The number of benzene rings is 1. The number of nitrogens with zero attached hydrogens (tertiary/aromatic N) is 1. The lowest BCUT2D eigenvalue weighted by atomic mass is 10.0. The summed E-state index contributed by atoms with van der Waals surface area (Å²) in [6.45, 7) is 2.06. The van der Waals surface area contributed by atoms with Crippen molar-refractivity contribution in [2.75, 3.05) is 11.9 Å². The standard InChI is InChI=1S/C13H14F2N2/c1-9-2-3-10(14)12(11(9)15)17-8-13(4-5-13)6-7-16/h2-3,17H,4-6,8H2,1H3. The summed E-state index contributed by atoms with van der Waals surface area (Å²) in [6, 6.07) is 4.79. The maximum atomic E-state index is 13.7. The molecule has 0 spiro atoms. The highest BCUT2D eigenvalue weighted by atomic mass is 19.1. The molecule has 0 saturated heterocycles. The quantitative estimate of drug-likeness (QED) is 0.869. The minimum atomic E-state index is -0.583. The van der Waals surface area contributed by atoms with Crippen LogP contribution in [-0.4, -0.2) is 6.54 Å². The second-order valence-corrected chi connectivity index (χ2v) is 4.74. The topological polar surface area (TPSA) is 35.8 Å². The van der Waals surface area contributed by atoms with E-state index in [1.807, 2.05) is 0 Å². The molecule has 0 atom stereocenters. The van der Waals surface area contributed by atoms with Crippen LogP contribution in [0.15, 0.2) is 12.1 Å². The van der Waals surface area contributed by atoms with Gasteiger partial charge in [-0.05, 0) is 31.4 Å². The molecule has 0 radical (unpaired) electrons. The fourth-order valence-electron chi connectivity index (χ4n) is 1.86. The first-order valence-corrected chi connectivity index (χ1v) is 5.63. The normalized spacial score (nSPS) is 16.4. The monoisotopic (exact) mass is 236 g/mol. The summed E-state index contributed by atoms with van der Waals surface area (Å²) >= 11 is 0. The van der Waals surface area contributed by atoms with Gasteiger partial charge in [0.15, 0.2) is 5.82 Å². The van der Waals surface area contributed by atoms with Gasteiger partial charge in [-0.25, -0.2) is 8.78 Å². The second kappa shape index (κ2) is 4.33. The van der Waals surface area contributed by atoms with Gasteiger partial charge in [-0.1, -0.05) is 6.07 Å². The van der Waals surface area contributed by atoms with E-state index >= 15 is 0 Å². The zero-order valence-corrected chi connectivity index (χ0v) is 9.69. The van der Waals surface area contributed by atoms with Crippen molar-refractivity contribution >= 4 is 5.69 Å². The molecule has 1 aliphatic rings. The van der Waals surface area contributed by atoms with Crippen molar-refractivity contribution in [3.63, 3.8) is 0 Å². The molecule has 4 heteroatoms. The molecule has 2 rings (SSSR count). The Hall–Kier alpha value is -1.63. The maximum Gasteiger partial charge on any atom is 0.152 e. The van der Waals surface area contributed by atoms with Gasteiger partial charge in [0.2, 0.25) is 0 Å². The molecule has 1 aromatic rings. The first kappa shape index (κ1) is 11.8. The number of nitrogens with one attached hydrogen (secondary N) is 1. The lowest BCUT2D eigenvalue weighted by molar-refractivity contribution is 0.542. The number of hydrogen-bond donors (Lipinski definition) is 1.